The minimum Gasteiger partial charge on any atom is -0.370 e. The quantitative estimate of drug-likeness (QED) is 0.372. The molecule has 1 atom stereocenters. The van der Waals surface area contributed by atoms with Crippen LogP contribution in [0.4, 0.5) is 0 Å². The molecule has 0 amide bonds. The lowest BCUT2D eigenvalue weighted by Gasteiger charge is -2.34. The summed E-state index contributed by atoms with van der Waals surface area (Å²) < 4.78 is 13.2. The van der Waals surface area contributed by atoms with Crippen molar-refractivity contribution < 1.29 is 9.26 Å². The monoisotopic (exact) mass is 502 g/mol. The van der Waals surface area contributed by atoms with Gasteiger partial charge in [-0.2, -0.15) is 5.10 Å². The Labute approximate surface area is 183 Å². The molecule has 3 heterocycles. The Balaban J connectivity index is 0.00000280. The number of nitrogens with one attached hydrogen (secondary N) is 1. The molecule has 1 aliphatic rings. The van der Waals surface area contributed by atoms with E-state index in [2.05, 4.69) is 45.4 Å². The summed E-state index contributed by atoms with van der Waals surface area (Å²) in [6.07, 6.45) is 6.00. The van der Waals surface area contributed by atoms with Crippen molar-refractivity contribution in [3.8, 4) is 0 Å². The van der Waals surface area contributed by atoms with Crippen LogP contribution in [0.25, 0.3) is 0 Å². The second-order valence-corrected chi connectivity index (χ2v) is 6.89. The molecule has 0 spiro atoms. The molecule has 2 aromatic rings. The van der Waals surface area contributed by atoms with Crippen LogP contribution in [0, 0.1) is 0 Å². The molecule has 8 nitrogen and oxygen atoms in total. The van der Waals surface area contributed by atoms with E-state index in [9.17, 15) is 0 Å². The lowest BCUT2D eigenvalue weighted by Crippen LogP contribution is -2.47. The van der Waals surface area contributed by atoms with Crippen LogP contribution in [-0.2, 0) is 18.3 Å². The molecule has 3 rings (SSSR count). The molecule has 1 fully saturated rings. The molecule has 0 aromatic carbocycles. The van der Waals surface area contributed by atoms with Gasteiger partial charge in [-0.05, 0) is 12.8 Å². The van der Waals surface area contributed by atoms with Crippen LogP contribution in [0.1, 0.15) is 55.7 Å². The van der Waals surface area contributed by atoms with Crippen molar-refractivity contribution >= 4 is 29.9 Å². The lowest BCUT2D eigenvalue weighted by molar-refractivity contribution is -0.00808. The van der Waals surface area contributed by atoms with Gasteiger partial charge in [-0.15, -0.1) is 24.0 Å². The fraction of sp³-hybridized carbons (Fsp3) is 0.632. The van der Waals surface area contributed by atoms with E-state index >= 15 is 0 Å². The van der Waals surface area contributed by atoms with Gasteiger partial charge < -0.3 is 19.5 Å². The summed E-state index contributed by atoms with van der Waals surface area (Å²) in [5, 5.41) is 11.9. The first-order valence-corrected chi connectivity index (χ1v) is 9.65. The molecule has 0 bridgehead atoms. The molecule has 0 aliphatic carbocycles. The fourth-order valence-electron chi connectivity index (χ4n) is 3.46. The van der Waals surface area contributed by atoms with Gasteiger partial charge in [0.2, 0.25) is 0 Å². The van der Waals surface area contributed by atoms with Gasteiger partial charge in [0.1, 0.15) is 6.10 Å². The van der Waals surface area contributed by atoms with Crippen LogP contribution < -0.4 is 5.32 Å². The molecule has 1 aliphatic heterocycles. The van der Waals surface area contributed by atoms with E-state index in [0.29, 0.717) is 19.1 Å². The summed E-state index contributed by atoms with van der Waals surface area (Å²) in [7, 11) is 3.71. The Kier molecular flexibility index (Phi) is 8.74. The highest BCUT2D eigenvalue weighted by Gasteiger charge is 2.25. The van der Waals surface area contributed by atoms with Crippen LogP contribution in [0.15, 0.2) is 28.0 Å². The predicted molar refractivity (Wildman–Crippen MR) is 119 cm³/mol. The number of aromatic nitrogens is 3. The summed E-state index contributed by atoms with van der Waals surface area (Å²) in [6, 6.07) is 2.05. The predicted octanol–water partition coefficient (Wildman–Crippen LogP) is 3.08. The molecule has 9 heteroatoms. The molecule has 1 saturated heterocycles. The Hall–Kier alpha value is -1.62. The first-order chi connectivity index (χ1) is 13.1. The molecule has 0 radical (unpaired) electrons. The topological polar surface area (TPSA) is 80.7 Å². The zero-order valence-electron chi connectivity index (χ0n) is 17.1. The van der Waals surface area contributed by atoms with Crippen molar-refractivity contribution in [1.82, 2.24) is 25.2 Å². The smallest absolute Gasteiger partial charge is 0.194 e. The average Bonchev–Trinajstić information content (AvgIpc) is 3.33. The Morgan fingerprint density at radius 3 is 2.82 bits per heavy atom. The maximum atomic E-state index is 5.91. The van der Waals surface area contributed by atoms with Crippen molar-refractivity contribution in [1.29, 1.82) is 0 Å². The normalized spacial score (nSPS) is 17.7. The van der Waals surface area contributed by atoms with Gasteiger partial charge in [-0.3, -0.25) is 9.67 Å². The number of nitrogens with zero attached hydrogens (tertiary/aromatic N) is 5. The highest BCUT2D eigenvalue weighted by atomic mass is 127. The van der Waals surface area contributed by atoms with Gasteiger partial charge >= 0.3 is 0 Å². The molecule has 2 aromatic heterocycles. The van der Waals surface area contributed by atoms with Gasteiger partial charge in [0.05, 0.1) is 31.6 Å². The van der Waals surface area contributed by atoms with Crippen molar-refractivity contribution in [2.45, 2.75) is 45.3 Å². The number of halogens is 1. The number of aryl methyl sites for hydroxylation is 1. The SMILES string of the molecule is CCC(CC)c1cc(CNC(=NC)N2CCOC(c3cnn(C)c3)C2)on1.I. The zero-order valence-corrected chi connectivity index (χ0v) is 19.4. The van der Waals surface area contributed by atoms with Gasteiger partial charge in [0, 0.05) is 44.4 Å². The largest absolute Gasteiger partial charge is 0.370 e. The third-order valence-electron chi connectivity index (χ3n) is 5.08. The minimum atomic E-state index is -0.00208. The number of guanidine groups is 1. The Bertz CT molecular complexity index is 755. The first-order valence-electron chi connectivity index (χ1n) is 9.65. The number of aliphatic imine (C=N–C) groups is 1. The molecule has 28 heavy (non-hydrogen) atoms. The second kappa shape index (κ2) is 10.8. The fourth-order valence-corrected chi connectivity index (χ4v) is 3.46. The molecule has 0 saturated carbocycles. The molecule has 1 N–H and O–H groups in total. The van der Waals surface area contributed by atoms with Crippen molar-refractivity contribution in [3.63, 3.8) is 0 Å². The molecular weight excluding hydrogens is 471 g/mol. The number of ether oxygens (including phenoxy) is 1. The van der Waals surface area contributed by atoms with Crippen LogP contribution in [-0.4, -0.2) is 52.5 Å². The first kappa shape index (κ1) is 22.7. The highest BCUT2D eigenvalue weighted by Crippen LogP contribution is 2.23. The third kappa shape index (κ3) is 5.47. The average molecular weight is 502 g/mol. The van der Waals surface area contributed by atoms with Crippen molar-refractivity contribution in [3.05, 3.63) is 35.5 Å². The van der Waals surface area contributed by atoms with Gasteiger partial charge in [0.15, 0.2) is 11.7 Å². The van der Waals surface area contributed by atoms with E-state index < -0.39 is 0 Å². The molecule has 1 unspecified atom stereocenters. The lowest BCUT2D eigenvalue weighted by atomic mass is 9.99. The molecular formula is C19H31IN6O2. The van der Waals surface area contributed by atoms with Crippen LogP contribution in [0.2, 0.25) is 0 Å². The summed E-state index contributed by atoms with van der Waals surface area (Å²) in [6.45, 7) is 7.11. The highest BCUT2D eigenvalue weighted by molar-refractivity contribution is 14.0. The summed E-state index contributed by atoms with van der Waals surface area (Å²) >= 11 is 0. The Morgan fingerprint density at radius 2 is 2.18 bits per heavy atom. The summed E-state index contributed by atoms with van der Waals surface area (Å²) in [5.41, 5.74) is 2.12. The summed E-state index contributed by atoms with van der Waals surface area (Å²) in [4.78, 5) is 6.64. The maximum Gasteiger partial charge on any atom is 0.194 e. The van der Waals surface area contributed by atoms with Gasteiger partial charge in [-0.1, -0.05) is 19.0 Å². The standard InChI is InChI=1S/C19H30N6O2.HI/c1-5-14(6-2)17-9-16(27-23-17)11-21-19(20-3)25-7-8-26-18(13-25)15-10-22-24(4)12-15;/h9-10,12,14,18H,5-8,11,13H2,1-4H3,(H,20,21);1H. The van der Waals surface area contributed by atoms with Crippen LogP contribution in [0.5, 0.6) is 0 Å². The van der Waals surface area contributed by atoms with E-state index in [1.807, 2.05) is 19.4 Å². The van der Waals surface area contributed by atoms with E-state index in [1.165, 1.54) is 0 Å². The third-order valence-corrected chi connectivity index (χ3v) is 5.08. The number of rotatable bonds is 6. The van der Waals surface area contributed by atoms with Crippen molar-refractivity contribution in [2.75, 3.05) is 26.7 Å². The number of morpholine rings is 1. The van der Waals surface area contributed by atoms with E-state index in [1.54, 1.807) is 11.7 Å². The Morgan fingerprint density at radius 1 is 1.39 bits per heavy atom. The van der Waals surface area contributed by atoms with Gasteiger partial charge in [0.25, 0.3) is 0 Å². The van der Waals surface area contributed by atoms with Gasteiger partial charge in [-0.25, -0.2) is 0 Å². The second-order valence-electron chi connectivity index (χ2n) is 6.89. The minimum absolute atomic E-state index is 0. The van der Waals surface area contributed by atoms with E-state index in [4.69, 9.17) is 9.26 Å². The van der Waals surface area contributed by atoms with Crippen LogP contribution >= 0.6 is 24.0 Å². The number of hydrogen-bond donors (Lipinski definition) is 1. The van der Waals surface area contributed by atoms with E-state index in [0.717, 1.165) is 48.9 Å². The zero-order chi connectivity index (χ0) is 19.2. The molecule has 156 valence electrons. The van der Waals surface area contributed by atoms with E-state index in [-0.39, 0.29) is 30.1 Å². The maximum absolute atomic E-state index is 5.91. The van der Waals surface area contributed by atoms with Crippen LogP contribution in [0.3, 0.4) is 0 Å². The number of hydrogen-bond acceptors (Lipinski definition) is 5. The summed E-state index contributed by atoms with van der Waals surface area (Å²) in [5.74, 6) is 2.13. The van der Waals surface area contributed by atoms with Crippen molar-refractivity contribution in [2.24, 2.45) is 12.0 Å².